The standard InChI is InChI=1S/C17H25FN2O/c1-13(17(21)15-8-4-5-9-16(15)18)11-20-10-6-7-14(12-20)19(2)3/h4-5,8-9,13-14H,6-7,10-12H2,1-3H3. The normalized spacial score (nSPS) is 21.5. The van der Waals surface area contributed by atoms with Crippen molar-refractivity contribution >= 4 is 5.78 Å². The molecule has 0 saturated carbocycles. The molecule has 2 rings (SSSR count). The third kappa shape index (κ3) is 4.11. The Morgan fingerprint density at radius 2 is 2.14 bits per heavy atom. The van der Waals surface area contributed by atoms with Crippen molar-refractivity contribution in [3.63, 3.8) is 0 Å². The number of carbonyl (C=O) groups is 1. The van der Waals surface area contributed by atoms with Crippen LogP contribution in [0.1, 0.15) is 30.1 Å². The van der Waals surface area contributed by atoms with Crippen LogP contribution in [0.15, 0.2) is 24.3 Å². The zero-order valence-corrected chi connectivity index (χ0v) is 13.2. The van der Waals surface area contributed by atoms with E-state index in [-0.39, 0.29) is 17.3 Å². The highest BCUT2D eigenvalue weighted by Gasteiger charge is 2.25. The minimum Gasteiger partial charge on any atom is -0.305 e. The van der Waals surface area contributed by atoms with Gasteiger partial charge in [0.05, 0.1) is 5.56 Å². The second-order valence-corrected chi connectivity index (χ2v) is 6.26. The number of hydrogen-bond acceptors (Lipinski definition) is 3. The molecule has 21 heavy (non-hydrogen) atoms. The summed E-state index contributed by atoms with van der Waals surface area (Å²) in [4.78, 5) is 17.0. The first-order chi connectivity index (χ1) is 9.99. The van der Waals surface area contributed by atoms with Crippen molar-refractivity contribution in [2.24, 2.45) is 5.92 Å². The Labute approximate surface area is 126 Å². The largest absolute Gasteiger partial charge is 0.305 e. The molecule has 3 nitrogen and oxygen atoms in total. The van der Waals surface area contributed by atoms with E-state index in [2.05, 4.69) is 23.9 Å². The number of halogens is 1. The van der Waals surface area contributed by atoms with Gasteiger partial charge in [-0.2, -0.15) is 0 Å². The Morgan fingerprint density at radius 1 is 1.43 bits per heavy atom. The molecule has 2 atom stereocenters. The molecule has 116 valence electrons. The van der Waals surface area contributed by atoms with Gasteiger partial charge < -0.3 is 9.80 Å². The zero-order chi connectivity index (χ0) is 15.4. The van der Waals surface area contributed by atoms with Crippen LogP contribution >= 0.6 is 0 Å². The highest BCUT2D eigenvalue weighted by Crippen LogP contribution is 2.18. The van der Waals surface area contributed by atoms with Crippen molar-refractivity contribution in [2.45, 2.75) is 25.8 Å². The van der Waals surface area contributed by atoms with Crippen molar-refractivity contribution in [1.29, 1.82) is 0 Å². The van der Waals surface area contributed by atoms with E-state index in [1.807, 2.05) is 6.92 Å². The SMILES string of the molecule is CC(CN1CCCC(N(C)C)C1)C(=O)c1ccccc1F. The summed E-state index contributed by atoms with van der Waals surface area (Å²) in [6.07, 6.45) is 2.36. The number of ketones is 1. The monoisotopic (exact) mass is 292 g/mol. The smallest absolute Gasteiger partial charge is 0.169 e. The first-order valence-corrected chi connectivity index (χ1v) is 7.66. The number of likely N-dealkylation sites (N-methyl/N-ethyl adjacent to an activating group) is 1. The Hall–Kier alpha value is -1.26. The summed E-state index contributed by atoms with van der Waals surface area (Å²) in [5.74, 6) is -0.693. The summed E-state index contributed by atoms with van der Waals surface area (Å²) >= 11 is 0. The first kappa shape index (κ1) is 16.1. The number of carbonyl (C=O) groups excluding carboxylic acids is 1. The molecule has 0 amide bonds. The van der Waals surface area contributed by atoms with Crippen molar-refractivity contribution in [1.82, 2.24) is 9.80 Å². The minimum absolute atomic E-state index is 0.0972. The maximum atomic E-state index is 13.7. The lowest BCUT2D eigenvalue weighted by Crippen LogP contribution is -2.47. The van der Waals surface area contributed by atoms with E-state index >= 15 is 0 Å². The Morgan fingerprint density at radius 3 is 2.81 bits per heavy atom. The second kappa shape index (κ2) is 7.14. The molecule has 0 aliphatic carbocycles. The third-order valence-corrected chi connectivity index (χ3v) is 4.33. The van der Waals surface area contributed by atoms with Crippen molar-refractivity contribution in [3.8, 4) is 0 Å². The van der Waals surface area contributed by atoms with Crippen LogP contribution in [0, 0.1) is 11.7 Å². The van der Waals surface area contributed by atoms with Crippen LogP contribution in [0.4, 0.5) is 4.39 Å². The van der Waals surface area contributed by atoms with Gasteiger partial charge in [-0.05, 0) is 45.6 Å². The summed E-state index contributed by atoms with van der Waals surface area (Å²) in [5, 5.41) is 0. The fourth-order valence-electron chi connectivity index (χ4n) is 3.02. The van der Waals surface area contributed by atoms with E-state index < -0.39 is 5.82 Å². The summed E-state index contributed by atoms with van der Waals surface area (Å²) in [6, 6.07) is 6.81. The predicted molar refractivity (Wildman–Crippen MR) is 83.0 cm³/mol. The van der Waals surface area contributed by atoms with E-state index in [4.69, 9.17) is 0 Å². The quantitative estimate of drug-likeness (QED) is 0.780. The van der Waals surface area contributed by atoms with Gasteiger partial charge in [0.2, 0.25) is 0 Å². The number of rotatable bonds is 5. The van der Waals surface area contributed by atoms with Crippen LogP contribution in [-0.2, 0) is 0 Å². The highest BCUT2D eigenvalue weighted by atomic mass is 19.1. The summed E-state index contributed by atoms with van der Waals surface area (Å²) < 4.78 is 13.7. The van der Waals surface area contributed by atoms with Crippen molar-refractivity contribution < 1.29 is 9.18 Å². The Kier molecular flexibility index (Phi) is 5.48. The van der Waals surface area contributed by atoms with Crippen LogP contribution in [-0.4, -0.2) is 55.4 Å². The molecular weight excluding hydrogens is 267 g/mol. The first-order valence-electron chi connectivity index (χ1n) is 7.66. The van der Waals surface area contributed by atoms with Gasteiger partial charge in [-0.25, -0.2) is 4.39 Å². The number of Topliss-reactive ketones (excluding diaryl/α,β-unsaturated/α-hetero) is 1. The molecule has 0 spiro atoms. The molecule has 1 aromatic rings. The highest BCUT2D eigenvalue weighted by molar-refractivity contribution is 5.98. The topological polar surface area (TPSA) is 23.6 Å². The van der Waals surface area contributed by atoms with Gasteiger partial charge in [-0.3, -0.25) is 4.79 Å². The minimum atomic E-state index is -0.417. The molecular formula is C17H25FN2O. The van der Waals surface area contributed by atoms with E-state index in [0.29, 0.717) is 12.6 Å². The maximum absolute atomic E-state index is 13.7. The lowest BCUT2D eigenvalue weighted by molar-refractivity contribution is 0.0829. The molecule has 1 aliphatic rings. The van der Waals surface area contributed by atoms with Gasteiger partial charge in [0.15, 0.2) is 5.78 Å². The number of hydrogen-bond donors (Lipinski definition) is 0. The third-order valence-electron chi connectivity index (χ3n) is 4.33. The molecule has 1 aliphatic heterocycles. The fourth-order valence-corrected chi connectivity index (χ4v) is 3.02. The molecule has 4 heteroatoms. The number of benzene rings is 1. The van der Waals surface area contributed by atoms with Gasteiger partial charge in [0, 0.05) is 25.0 Å². The molecule has 2 unspecified atom stereocenters. The number of nitrogens with zero attached hydrogens (tertiary/aromatic N) is 2. The van der Waals surface area contributed by atoms with Crippen LogP contribution in [0.3, 0.4) is 0 Å². The van der Waals surface area contributed by atoms with Gasteiger partial charge >= 0.3 is 0 Å². The van der Waals surface area contributed by atoms with Gasteiger partial charge in [-0.15, -0.1) is 0 Å². The average molecular weight is 292 g/mol. The van der Waals surface area contributed by atoms with E-state index in [9.17, 15) is 9.18 Å². The van der Waals surface area contributed by atoms with E-state index in [0.717, 1.165) is 19.5 Å². The molecule has 1 aromatic carbocycles. The van der Waals surface area contributed by atoms with Gasteiger partial charge in [0.25, 0.3) is 0 Å². The van der Waals surface area contributed by atoms with Crippen molar-refractivity contribution in [2.75, 3.05) is 33.7 Å². The lowest BCUT2D eigenvalue weighted by Gasteiger charge is -2.37. The van der Waals surface area contributed by atoms with E-state index in [1.165, 1.54) is 12.5 Å². The molecule has 1 saturated heterocycles. The Balaban J connectivity index is 1.96. The summed E-state index contributed by atoms with van der Waals surface area (Å²) in [5.41, 5.74) is 0.214. The average Bonchev–Trinajstić information content (AvgIpc) is 2.47. The number of likely N-dealkylation sites (tertiary alicyclic amines) is 1. The summed E-state index contributed by atoms with van der Waals surface area (Å²) in [7, 11) is 4.20. The molecule has 0 bridgehead atoms. The predicted octanol–water partition coefficient (Wildman–Crippen LogP) is 2.67. The lowest BCUT2D eigenvalue weighted by atomic mass is 9.96. The molecule has 1 fully saturated rings. The van der Waals surface area contributed by atoms with Gasteiger partial charge in [-0.1, -0.05) is 19.1 Å². The van der Waals surface area contributed by atoms with Crippen LogP contribution in [0.2, 0.25) is 0 Å². The van der Waals surface area contributed by atoms with Crippen molar-refractivity contribution in [3.05, 3.63) is 35.6 Å². The summed E-state index contributed by atoms with van der Waals surface area (Å²) in [6.45, 7) is 4.62. The van der Waals surface area contributed by atoms with Gasteiger partial charge in [0.1, 0.15) is 5.82 Å². The molecule has 0 N–H and O–H groups in total. The van der Waals surface area contributed by atoms with Crippen LogP contribution in [0.5, 0.6) is 0 Å². The fraction of sp³-hybridized carbons (Fsp3) is 0.588. The molecule has 1 heterocycles. The second-order valence-electron chi connectivity index (χ2n) is 6.26. The number of piperidine rings is 1. The molecule has 0 radical (unpaired) electrons. The maximum Gasteiger partial charge on any atom is 0.169 e. The zero-order valence-electron chi connectivity index (χ0n) is 13.2. The van der Waals surface area contributed by atoms with E-state index in [1.54, 1.807) is 18.2 Å². The van der Waals surface area contributed by atoms with Crippen LogP contribution < -0.4 is 0 Å². The molecule has 0 aromatic heterocycles. The Bertz CT molecular complexity index is 489. The van der Waals surface area contributed by atoms with Crippen LogP contribution in [0.25, 0.3) is 0 Å².